The summed E-state index contributed by atoms with van der Waals surface area (Å²) in [6, 6.07) is 9.18. The van der Waals surface area contributed by atoms with E-state index >= 15 is 0 Å². The number of nitrogens with zero attached hydrogens (tertiary/aromatic N) is 2. The minimum absolute atomic E-state index is 0.0424. The Morgan fingerprint density at radius 3 is 2.54 bits per heavy atom. The van der Waals surface area contributed by atoms with E-state index in [1.165, 1.54) is 7.11 Å². The quantitative estimate of drug-likeness (QED) is 0.443. The van der Waals surface area contributed by atoms with Crippen molar-refractivity contribution >= 4 is 17.8 Å². The van der Waals surface area contributed by atoms with Crippen LogP contribution >= 0.6 is 0 Å². The largest absolute Gasteiger partial charge is 0.504 e. The Kier molecular flexibility index (Phi) is 6.10. The van der Waals surface area contributed by atoms with Gasteiger partial charge in [0.25, 0.3) is 5.69 Å². The van der Waals surface area contributed by atoms with E-state index in [4.69, 9.17) is 9.47 Å². The molecule has 9 nitrogen and oxygen atoms in total. The van der Waals surface area contributed by atoms with E-state index in [1.54, 1.807) is 31.4 Å². The van der Waals surface area contributed by atoms with E-state index in [1.807, 2.05) is 0 Å². The van der Waals surface area contributed by atoms with E-state index in [9.17, 15) is 20.0 Å². The molecule has 0 fully saturated rings. The van der Waals surface area contributed by atoms with E-state index in [0.717, 1.165) is 23.9 Å². The number of nitro groups is 1. The van der Waals surface area contributed by atoms with Gasteiger partial charge in [-0.25, -0.2) is 5.43 Å². The number of aromatic hydroxyl groups is 1. The number of benzene rings is 2. The maximum Gasteiger partial charge on any atom is 0.274 e. The molecule has 2 aromatic rings. The molecule has 9 heteroatoms. The summed E-state index contributed by atoms with van der Waals surface area (Å²) < 4.78 is 9.93. The first-order valence-corrected chi connectivity index (χ1v) is 7.44. The van der Waals surface area contributed by atoms with E-state index < -0.39 is 4.92 Å². The maximum atomic E-state index is 11.9. The minimum atomic E-state index is -0.623. The molecule has 136 valence electrons. The Hall–Kier alpha value is -3.62. The maximum absolute atomic E-state index is 11.9. The Morgan fingerprint density at radius 1 is 1.27 bits per heavy atom. The van der Waals surface area contributed by atoms with Gasteiger partial charge >= 0.3 is 0 Å². The molecule has 2 rings (SSSR count). The van der Waals surface area contributed by atoms with Crippen LogP contribution in [0, 0.1) is 10.1 Å². The first-order valence-electron chi connectivity index (χ1n) is 7.44. The molecule has 0 heterocycles. The average Bonchev–Trinajstić information content (AvgIpc) is 2.63. The van der Waals surface area contributed by atoms with Crippen LogP contribution < -0.4 is 14.9 Å². The molecule has 0 aromatic heterocycles. The molecule has 0 radical (unpaired) electrons. The van der Waals surface area contributed by atoms with Crippen molar-refractivity contribution in [2.45, 2.75) is 6.42 Å². The van der Waals surface area contributed by atoms with Crippen LogP contribution in [0.5, 0.6) is 17.2 Å². The highest BCUT2D eigenvalue weighted by Crippen LogP contribution is 2.33. The number of ether oxygens (including phenoxy) is 2. The van der Waals surface area contributed by atoms with Gasteiger partial charge in [0.15, 0.2) is 11.5 Å². The van der Waals surface area contributed by atoms with Crippen molar-refractivity contribution in [3.63, 3.8) is 0 Å². The number of hydrazone groups is 1. The molecule has 0 atom stereocenters. The second-order valence-electron chi connectivity index (χ2n) is 5.16. The number of hydrogen-bond acceptors (Lipinski definition) is 7. The first kappa shape index (κ1) is 18.7. The Morgan fingerprint density at radius 2 is 1.96 bits per heavy atom. The standard InChI is InChI=1S/C17H17N3O6/c1-25-14-5-3-11(4-6-14)7-16(21)19-18-10-12-8-13(20(23)24)9-15(26-2)17(12)22/h3-6,8-10,22H,7H2,1-2H3,(H,19,21)/b18-10-. The lowest BCUT2D eigenvalue weighted by Crippen LogP contribution is -2.19. The highest BCUT2D eigenvalue weighted by molar-refractivity contribution is 5.87. The number of phenols is 1. The van der Waals surface area contributed by atoms with E-state index in [2.05, 4.69) is 10.5 Å². The van der Waals surface area contributed by atoms with Crippen molar-refractivity contribution in [3.05, 3.63) is 57.6 Å². The topological polar surface area (TPSA) is 123 Å². The van der Waals surface area contributed by atoms with Gasteiger partial charge in [-0.3, -0.25) is 14.9 Å². The minimum Gasteiger partial charge on any atom is -0.504 e. The van der Waals surface area contributed by atoms with Gasteiger partial charge in [-0.15, -0.1) is 0 Å². The lowest BCUT2D eigenvalue weighted by Gasteiger charge is -2.06. The van der Waals surface area contributed by atoms with Crippen LogP contribution in [0.2, 0.25) is 0 Å². The van der Waals surface area contributed by atoms with Gasteiger partial charge in [0, 0.05) is 11.6 Å². The first-order chi connectivity index (χ1) is 12.4. The Balaban J connectivity index is 2.06. The molecule has 0 aliphatic heterocycles. The normalized spacial score (nSPS) is 10.5. The van der Waals surface area contributed by atoms with Crippen molar-refractivity contribution in [2.24, 2.45) is 5.10 Å². The Bertz CT molecular complexity index is 833. The molecule has 1 amide bonds. The molecule has 0 aliphatic rings. The number of carbonyl (C=O) groups is 1. The number of rotatable bonds is 7. The summed E-state index contributed by atoms with van der Waals surface area (Å²) in [6.45, 7) is 0. The smallest absolute Gasteiger partial charge is 0.274 e. The number of nitrogens with one attached hydrogen (secondary N) is 1. The summed E-state index contributed by atoms with van der Waals surface area (Å²) >= 11 is 0. The fourth-order valence-corrected chi connectivity index (χ4v) is 2.12. The van der Waals surface area contributed by atoms with Crippen molar-refractivity contribution in [1.82, 2.24) is 5.43 Å². The Labute approximate surface area is 149 Å². The van der Waals surface area contributed by atoms with E-state index in [0.29, 0.717) is 5.75 Å². The number of nitro benzene ring substituents is 1. The van der Waals surface area contributed by atoms with Crippen LogP contribution in [-0.2, 0) is 11.2 Å². The third-order valence-corrected chi connectivity index (χ3v) is 3.44. The zero-order valence-corrected chi connectivity index (χ0v) is 14.1. The third kappa shape index (κ3) is 4.69. The molecule has 26 heavy (non-hydrogen) atoms. The number of phenolic OH excluding ortho intramolecular Hbond substituents is 1. The lowest BCUT2D eigenvalue weighted by atomic mass is 10.1. The number of methoxy groups -OCH3 is 2. The zero-order chi connectivity index (χ0) is 19.1. The summed E-state index contributed by atoms with van der Waals surface area (Å²) in [7, 11) is 2.82. The average molecular weight is 359 g/mol. The number of non-ortho nitro benzene ring substituents is 1. The molecule has 0 spiro atoms. The van der Waals surface area contributed by atoms with Gasteiger partial charge in [0.2, 0.25) is 5.91 Å². The van der Waals surface area contributed by atoms with Crippen molar-refractivity contribution in [3.8, 4) is 17.2 Å². The van der Waals surface area contributed by atoms with Gasteiger partial charge in [-0.2, -0.15) is 5.10 Å². The molecular weight excluding hydrogens is 342 g/mol. The SMILES string of the molecule is COc1ccc(CC(=O)N/N=C\c2cc([N+](=O)[O-])cc(OC)c2O)cc1. The van der Waals surface area contributed by atoms with Gasteiger partial charge in [-0.1, -0.05) is 12.1 Å². The van der Waals surface area contributed by atoms with Crippen molar-refractivity contribution in [2.75, 3.05) is 14.2 Å². The molecule has 2 aromatic carbocycles. The summed E-state index contributed by atoms with van der Waals surface area (Å²) in [5, 5.41) is 24.6. The number of carbonyl (C=O) groups excluding carboxylic acids is 1. The predicted molar refractivity (Wildman–Crippen MR) is 93.7 cm³/mol. The summed E-state index contributed by atoms with van der Waals surface area (Å²) in [5.74, 6) is -0.0814. The van der Waals surface area contributed by atoms with Crippen molar-refractivity contribution < 1.29 is 24.3 Å². The number of hydrogen-bond donors (Lipinski definition) is 2. The fourth-order valence-electron chi connectivity index (χ4n) is 2.12. The summed E-state index contributed by atoms with van der Waals surface area (Å²) in [5.41, 5.74) is 2.83. The monoisotopic (exact) mass is 359 g/mol. The second-order valence-corrected chi connectivity index (χ2v) is 5.16. The second kappa shape index (κ2) is 8.47. The molecule has 0 bridgehead atoms. The summed E-state index contributed by atoms with van der Waals surface area (Å²) in [4.78, 5) is 22.2. The lowest BCUT2D eigenvalue weighted by molar-refractivity contribution is -0.385. The van der Waals surface area contributed by atoms with Gasteiger partial charge < -0.3 is 14.6 Å². The highest BCUT2D eigenvalue weighted by atomic mass is 16.6. The predicted octanol–water partition coefficient (Wildman–Crippen LogP) is 2.01. The van der Waals surface area contributed by atoms with Crippen LogP contribution in [0.4, 0.5) is 5.69 Å². The fraction of sp³-hybridized carbons (Fsp3) is 0.176. The molecule has 0 aliphatic carbocycles. The molecule has 0 unspecified atom stereocenters. The third-order valence-electron chi connectivity index (χ3n) is 3.44. The van der Waals surface area contributed by atoms with Gasteiger partial charge in [0.1, 0.15) is 5.75 Å². The number of amides is 1. The van der Waals surface area contributed by atoms with Gasteiger partial charge in [-0.05, 0) is 17.7 Å². The molecule has 0 saturated heterocycles. The van der Waals surface area contributed by atoms with Crippen molar-refractivity contribution in [1.29, 1.82) is 0 Å². The van der Waals surface area contributed by atoms with Crippen LogP contribution in [0.1, 0.15) is 11.1 Å². The zero-order valence-electron chi connectivity index (χ0n) is 14.1. The van der Waals surface area contributed by atoms with E-state index in [-0.39, 0.29) is 35.1 Å². The van der Waals surface area contributed by atoms with Crippen LogP contribution in [0.3, 0.4) is 0 Å². The summed E-state index contributed by atoms with van der Waals surface area (Å²) in [6.07, 6.45) is 1.20. The highest BCUT2D eigenvalue weighted by Gasteiger charge is 2.15. The van der Waals surface area contributed by atoms with Crippen LogP contribution in [0.25, 0.3) is 0 Å². The molecule has 2 N–H and O–H groups in total. The molecule has 0 saturated carbocycles. The van der Waals surface area contributed by atoms with Crippen LogP contribution in [0.15, 0.2) is 41.5 Å². The van der Waals surface area contributed by atoms with Gasteiger partial charge in [0.05, 0.1) is 37.8 Å². The molecular formula is C17H17N3O6. The van der Waals surface area contributed by atoms with Crippen LogP contribution in [-0.4, -0.2) is 36.4 Å².